The van der Waals surface area contributed by atoms with Gasteiger partial charge in [-0.05, 0) is 0 Å². The first kappa shape index (κ1) is 6.35. The minimum absolute atomic E-state index is 0.958. The highest BCUT2D eigenvalue weighted by molar-refractivity contribution is 5.51. The molecule has 0 unspecified atom stereocenters. The molecule has 0 aromatic rings. The standard InChI is InChI=1S/C2H9N5/c3-1-7-2(4,5)6/h1H,4-6H2,(H2,3,7). The third-order valence-electron chi connectivity index (χ3n) is 0.298. The fraction of sp³-hybridized carbons (Fsp3) is 0.500. The summed E-state index contributed by atoms with van der Waals surface area (Å²) >= 11 is 0. The maximum atomic E-state index is 4.92. The SMILES string of the molecule is NC=NC(N)(N)N. The van der Waals surface area contributed by atoms with Crippen LogP contribution in [-0.2, 0) is 0 Å². The second-order valence-corrected chi connectivity index (χ2v) is 1.17. The van der Waals surface area contributed by atoms with Gasteiger partial charge in [0.1, 0.15) is 0 Å². The molecule has 0 atom stereocenters. The van der Waals surface area contributed by atoms with Crippen molar-refractivity contribution >= 4 is 6.34 Å². The van der Waals surface area contributed by atoms with Crippen molar-refractivity contribution in [1.82, 2.24) is 0 Å². The van der Waals surface area contributed by atoms with E-state index in [0.29, 0.717) is 0 Å². The minimum Gasteiger partial charge on any atom is -0.390 e. The molecule has 0 aliphatic rings. The molecule has 0 aliphatic carbocycles. The summed E-state index contributed by atoms with van der Waals surface area (Å²) < 4.78 is 0. The van der Waals surface area contributed by atoms with Crippen LogP contribution in [0.2, 0.25) is 0 Å². The van der Waals surface area contributed by atoms with Crippen LogP contribution in [-0.4, -0.2) is 12.2 Å². The monoisotopic (exact) mass is 103 g/mol. The predicted molar refractivity (Wildman–Crippen MR) is 28.0 cm³/mol. The highest BCUT2D eigenvalue weighted by Gasteiger charge is 2.03. The van der Waals surface area contributed by atoms with E-state index in [1.807, 2.05) is 0 Å². The van der Waals surface area contributed by atoms with E-state index >= 15 is 0 Å². The first-order valence-electron chi connectivity index (χ1n) is 1.68. The maximum absolute atomic E-state index is 4.92. The van der Waals surface area contributed by atoms with Gasteiger partial charge in [0.25, 0.3) is 0 Å². The van der Waals surface area contributed by atoms with Crippen molar-refractivity contribution in [2.24, 2.45) is 27.9 Å². The van der Waals surface area contributed by atoms with E-state index in [2.05, 4.69) is 4.99 Å². The number of rotatable bonds is 1. The molecule has 42 valence electrons. The Bertz CT molecular complexity index is 68.6. The Balaban J connectivity index is 3.56. The number of nitrogens with zero attached hydrogens (tertiary/aromatic N) is 1. The second-order valence-electron chi connectivity index (χ2n) is 1.17. The summed E-state index contributed by atoms with van der Waals surface area (Å²) in [4.78, 5) is 3.24. The van der Waals surface area contributed by atoms with Gasteiger partial charge in [0, 0.05) is 0 Å². The van der Waals surface area contributed by atoms with Crippen molar-refractivity contribution < 1.29 is 0 Å². The van der Waals surface area contributed by atoms with Gasteiger partial charge in [-0.3, -0.25) is 17.2 Å². The van der Waals surface area contributed by atoms with Gasteiger partial charge in [0.15, 0.2) is 0 Å². The number of nitrogens with two attached hydrogens (primary N) is 4. The lowest BCUT2D eigenvalue weighted by Crippen LogP contribution is -2.56. The van der Waals surface area contributed by atoms with Crippen molar-refractivity contribution in [2.45, 2.75) is 5.91 Å². The Morgan fingerprint density at radius 2 is 1.71 bits per heavy atom. The van der Waals surface area contributed by atoms with Gasteiger partial charge in [-0.15, -0.1) is 0 Å². The van der Waals surface area contributed by atoms with Crippen LogP contribution in [0.15, 0.2) is 4.99 Å². The van der Waals surface area contributed by atoms with Crippen LogP contribution in [0.5, 0.6) is 0 Å². The zero-order valence-corrected chi connectivity index (χ0v) is 3.83. The molecule has 0 saturated heterocycles. The topological polar surface area (TPSA) is 116 Å². The molecule has 0 aromatic heterocycles. The first-order valence-corrected chi connectivity index (χ1v) is 1.68. The molecule has 5 heteroatoms. The molecule has 7 heavy (non-hydrogen) atoms. The molecule has 0 saturated carbocycles. The molecule has 0 fully saturated rings. The number of hydrogen-bond donors (Lipinski definition) is 4. The van der Waals surface area contributed by atoms with Crippen LogP contribution in [0.3, 0.4) is 0 Å². The van der Waals surface area contributed by atoms with Gasteiger partial charge >= 0.3 is 0 Å². The average molecular weight is 103 g/mol. The second kappa shape index (κ2) is 1.87. The normalized spacial score (nSPS) is 13.0. The summed E-state index contributed by atoms with van der Waals surface area (Å²) in [6, 6.07) is 0. The van der Waals surface area contributed by atoms with Crippen LogP contribution in [0, 0.1) is 0 Å². The molecule has 0 rings (SSSR count). The van der Waals surface area contributed by atoms with Crippen LogP contribution >= 0.6 is 0 Å². The van der Waals surface area contributed by atoms with Crippen molar-refractivity contribution in [1.29, 1.82) is 0 Å². The van der Waals surface area contributed by atoms with Crippen molar-refractivity contribution in [3.63, 3.8) is 0 Å². The van der Waals surface area contributed by atoms with Crippen LogP contribution in [0.1, 0.15) is 0 Å². The zero-order valence-electron chi connectivity index (χ0n) is 3.83. The number of aliphatic imine (C=N–C) groups is 1. The largest absolute Gasteiger partial charge is 0.390 e. The molecule has 0 heterocycles. The molecule has 5 nitrogen and oxygen atoms in total. The van der Waals surface area contributed by atoms with Crippen molar-refractivity contribution in [2.75, 3.05) is 0 Å². The van der Waals surface area contributed by atoms with Gasteiger partial charge in [0.05, 0.1) is 6.34 Å². The van der Waals surface area contributed by atoms with Gasteiger partial charge in [0.2, 0.25) is 5.91 Å². The Kier molecular flexibility index (Phi) is 1.70. The van der Waals surface area contributed by atoms with Gasteiger partial charge in [-0.25, -0.2) is 4.99 Å². The molecule has 0 radical (unpaired) electrons. The Morgan fingerprint density at radius 3 is 1.71 bits per heavy atom. The zero-order chi connectivity index (χ0) is 5.91. The fourth-order valence-electron chi connectivity index (χ4n) is 0.129. The fourth-order valence-corrected chi connectivity index (χ4v) is 0.129. The molecular weight excluding hydrogens is 94.1 g/mol. The van der Waals surface area contributed by atoms with E-state index in [1.165, 1.54) is 0 Å². The molecule has 8 N–H and O–H groups in total. The van der Waals surface area contributed by atoms with E-state index in [4.69, 9.17) is 22.9 Å². The summed E-state index contributed by atoms with van der Waals surface area (Å²) in [6.45, 7) is 0. The van der Waals surface area contributed by atoms with E-state index in [9.17, 15) is 0 Å². The van der Waals surface area contributed by atoms with Crippen molar-refractivity contribution in [3.05, 3.63) is 0 Å². The summed E-state index contributed by atoms with van der Waals surface area (Å²) in [5.74, 6) is -1.51. The summed E-state index contributed by atoms with van der Waals surface area (Å²) in [5.41, 5.74) is 19.6. The van der Waals surface area contributed by atoms with E-state index in [0.717, 1.165) is 6.34 Å². The maximum Gasteiger partial charge on any atom is 0.216 e. The summed E-state index contributed by atoms with van der Waals surface area (Å²) in [5, 5.41) is 0. The average Bonchev–Trinajstić information content (AvgIpc) is 1.30. The van der Waals surface area contributed by atoms with Gasteiger partial charge in [-0.2, -0.15) is 0 Å². The Labute approximate surface area is 41.4 Å². The molecule has 0 aromatic carbocycles. The molecular formula is C2H9N5. The Hall–Kier alpha value is -0.650. The molecule has 0 bridgehead atoms. The smallest absolute Gasteiger partial charge is 0.216 e. The lowest BCUT2D eigenvalue weighted by Gasteiger charge is -2.09. The van der Waals surface area contributed by atoms with Crippen LogP contribution in [0.25, 0.3) is 0 Å². The van der Waals surface area contributed by atoms with Crippen LogP contribution in [0.4, 0.5) is 0 Å². The highest BCUT2D eigenvalue weighted by Crippen LogP contribution is 1.71. The van der Waals surface area contributed by atoms with Crippen LogP contribution < -0.4 is 22.9 Å². The highest BCUT2D eigenvalue weighted by atomic mass is 15.3. The van der Waals surface area contributed by atoms with Crippen molar-refractivity contribution in [3.8, 4) is 0 Å². The lowest BCUT2D eigenvalue weighted by molar-refractivity contribution is 0.490. The third kappa shape index (κ3) is 5.35. The van der Waals surface area contributed by atoms with E-state index in [1.54, 1.807) is 0 Å². The summed E-state index contributed by atoms with van der Waals surface area (Å²) in [7, 11) is 0. The van der Waals surface area contributed by atoms with E-state index < -0.39 is 5.91 Å². The molecule has 0 aliphatic heterocycles. The molecule has 0 amide bonds. The minimum atomic E-state index is -1.51. The van der Waals surface area contributed by atoms with Gasteiger partial charge in [-0.1, -0.05) is 0 Å². The summed E-state index contributed by atoms with van der Waals surface area (Å²) in [6.07, 6.45) is 0.958. The van der Waals surface area contributed by atoms with Gasteiger partial charge < -0.3 is 5.73 Å². The van der Waals surface area contributed by atoms with E-state index in [-0.39, 0.29) is 0 Å². The first-order chi connectivity index (χ1) is 3.06. The molecule has 0 spiro atoms. The quantitative estimate of drug-likeness (QED) is 0.166. The third-order valence-corrected chi connectivity index (χ3v) is 0.298. The number of hydrogen-bond acceptors (Lipinski definition) is 4. The Morgan fingerprint density at radius 1 is 1.29 bits per heavy atom. The predicted octanol–water partition coefficient (Wildman–Crippen LogP) is -2.54. The lowest BCUT2D eigenvalue weighted by atomic mass is 10.7.